The summed E-state index contributed by atoms with van der Waals surface area (Å²) in [7, 11) is 0. The number of hydrogen-bond donors (Lipinski definition) is 2. The van der Waals surface area contributed by atoms with Crippen molar-refractivity contribution in [1.29, 1.82) is 0 Å². The van der Waals surface area contributed by atoms with Crippen LogP contribution >= 0.6 is 0 Å². The van der Waals surface area contributed by atoms with Gasteiger partial charge in [-0.05, 0) is 24.1 Å². The molecular formula is C14H18N4. The summed E-state index contributed by atoms with van der Waals surface area (Å²) < 4.78 is 0. The number of nitrogens with one attached hydrogen (secondary N) is 2. The van der Waals surface area contributed by atoms with Crippen molar-refractivity contribution in [3.63, 3.8) is 0 Å². The van der Waals surface area contributed by atoms with E-state index in [1.807, 2.05) is 0 Å². The van der Waals surface area contributed by atoms with Gasteiger partial charge in [0, 0.05) is 18.0 Å². The molecule has 3 rings (SSSR count). The second-order valence-corrected chi connectivity index (χ2v) is 5.07. The van der Waals surface area contributed by atoms with E-state index in [-0.39, 0.29) is 0 Å². The van der Waals surface area contributed by atoms with E-state index in [4.69, 9.17) is 0 Å². The summed E-state index contributed by atoms with van der Waals surface area (Å²) in [5.41, 5.74) is 3.94. The van der Waals surface area contributed by atoms with Crippen LogP contribution in [0.1, 0.15) is 36.7 Å². The van der Waals surface area contributed by atoms with Crippen molar-refractivity contribution < 1.29 is 0 Å². The fraction of sp³-hybridized carbons (Fsp3) is 0.429. The van der Waals surface area contributed by atoms with Crippen LogP contribution in [0.25, 0.3) is 11.4 Å². The maximum atomic E-state index is 4.60. The molecule has 4 nitrogen and oxygen atoms in total. The molecule has 0 aliphatic carbocycles. The highest BCUT2D eigenvalue weighted by molar-refractivity contribution is 5.62. The molecule has 0 amide bonds. The maximum Gasteiger partial charge on any atom is 0.181 e. The lowest BCUT2D eigenvalue weighted by molar-refractivity contribution is 0.644. The minimum atomic E-state index is 0.382. The summed E-state index contributed by atoms with van der Waals surface area (Å²) in [5.74, 6) is 2.17. The second kappa shape index (κ2) is 4.53. The molecule has 0 spiro atoms. The van der Waals surface area contributed by atoms with E-state index in [2.05, 4.69) is 52.5 Å². The van der Waals surface area contributed by atoms with Crippen LogP contribution in [0.5, 0.6) is 0 Å². The van der Waals surface area contributed by atoms with Gasteiger partial charge in [0.25, 0.3) is 0 Å². The van der Waals surface area contributed by atoms with Crippen molar-refractivity contribution >= 4 is 0 Å². The Labute approximate surface area is 107 Å². The van der Waals surface area contributed by atoms with Gasteiger partial charge in [0.2, 0.25) is 0 Å². The van der Waals surface area contributed by atoms with E-state index < -0.39 is 0 Å². The van der Waals surface area contributed by atoms with Gasteiger partial charge in [0.05, 0.1) is 0 Å². The monoisotopic (exact) mass is 242 g/mol. The van der Waals surface area contributed by atoms with E-state index in [9.17, 15) is 0 Å². The summed E-state index contributed by atoms with van der Waals surface area (Å²) in [4.78, 5) is 4.60. The molecule has 0 atom stereocenters. The number of benzene rings is 1. The van der Waals surface area contributed by atoms with Crippen molar-refractivity contribution in [3.8, 4) is 11.4 Å². The number of rotatable bonds is 2. The van der Waals surface area contributed by atoms with Crippen molar-refractivity contribution in [2.75, 3.05) is 6.54 Å². The minimum absolute atomic E-state index is 0.382. The van der Waals surface area contributed by atoms with Crippen LogP contribution in [0.3, 0.4) is 0 Å². The average molecular weight is 242 g/mol. The van der Waals surface area contributed by atoms with Gasteiger partial charge in [-0.2, -0.15) is 5.10 Å². The molecule has 0 bridgehead atoms. The number of hydrogen-bond acceptors (Lipinski definition) is 3. The van der Waals surface area contributed by atoms with E-state index in [1.165, 1.54) is 16.7 Å². The fourth-order valence-electron chi connectivity index (χ4n) is 2.39. The summed E-state index contributed by atoms with van der Waals surface area (Å²) in [5, 5.41) is 10.8. The molecule has 4 heteroatoms. The molecule has 0 radical (unpaired) electrons. The normalized spacial score (nSPS) is 14.8. The van der Waals surface area contributed by atoms with Crippen LogP contribution in [-0.2, 0) is 13.0 Å². The lowest BCUT2D eigenvalue weighted by Gasteiger charge is -2.19. The van der Waals surface area contributed by atoms with Gasteiger partial charge in [-0.25, -0.2) is 4.98 Å². The third kappa shape index (κ3) is 1.93. The van der Waals surface area contributed by atoms with Crippen molar-refractivity contribution in [2.45, 2.75) is 32.7 Å². The van der Waals surface area contributed by atoms with Crippen LogP contribution in [0.4, 0.5) is 0 Å². The third-order valence-corrected chi connectivity index (χ3v) is 3.43. The first-order valence-electron chi connectivity index (χ1n) is 6.50. The number of H-pyrrole nitrogens is 1. The molecule has 1 aliphatic heterocycles. The highest BCUT2D eigenvalue weighted by Gasteiger charge is 2.16. The van der Waals surface area contributed by atoms with Crippen LogP contribution in [0.2, 0.25) is 0 Å². The predicted octanol–water partition coefficient (Wildman–Crippen LogP) is 2.24. The number of aromatic nitrogens is 3. The van der Waals surface area contributed by atoms with Crippen molar-refractivity contribution in [3.05, 3.63) is 35.2 Å². The summed E-state index contributed by atoms with van der Waals surface area (Å²) in [6.45, 7) is 6.22. The highest BCUT2D eigenvalue weighted by Crippen LogP contribution is 2.26. The molecule has 0 saturated carbocycles. The first-order chi connectivity index (χ1) is 8.75. The Hall–Kier alpha value is -1.68. The molecular weight excluding hydrogens is 224 g/mol. The Kier molecular flexibility index (Phi) is 2.88. The lowest BCUT2D eigenvalue weighted by atomic mass is 9.95. The van der Waals surface area contributed by atoms with Crippen LogP contribution in [-0.4, -0.2) is 21.7 Å². The number of nitrogens with zero attached hydrogens (tertiary/aromatic N) is 2. The van der Waals surface area contributed by atoms with Gasteiger partial charge in [-0.3, -0.25) is 5.10 Å². The van der Waals surface area contributed by atoms with Crippen LogP contribution < -0.4 is 5.32 Å². The smallest absolute Gasteiger partial charge is 0.181 e. The molecule has 18 heavy (non-hydrogen) atoms. The maximum absolute atomic E-state index is 4.60. The van der Waals surface area contributed by atoms with Crippen molar-refractivity contribution in [1.82, 2.24) is 20.5 Å². The largest absolute Gasteiger partial charge is 0.312 e. The summed E-state index contributed by atoms with van der Waals surface area (Å²) >= 11 is 0. The van der Waals surface area contributed by atoms with Gasteiger partial charge < -0.3 is 5.32 Å². The molecule has 0 unspecified atom stereocenters. The molecule has 2 N–H and O–H groups in total. The number of fused-ring (bicyclic) bond motifs is 1. The molecule has 1 aromatic carbocycles. The average Bonchev–Trinajstić information content (AvgIpc) is 2.87. The molecule has 0 fully saturated rings. The first kappa shape index (κ1) is 11.4. The molecule has 2 aromatic rings. The van der Waals surface area contributed by atoms with E-state index in [0.717, 1.165) is 31.2 Å². The Bertz CT molecular complexity index is 557. The Morgan fingerprint density at radius 3 is 2.94 bits per heavy atom. The van der Waals surface area contributed by atoms with Gasteiger partial charge in [0.1, 0.15) is 5.82 Å². The zero-order chi connectivity index (χ0) is 12.5. The molecule has 0 saturated heterocycles. The van der Waals surface area contributed by atoms with Gasteiger partial charge in [-0.1, -0.05) is 32.0 Å². The van der Waals surface area contributed by atoms with Crippen molar-refractivity contribution in [2.24, 2.45) is 0 Å². The topological polar surface area (TPSA) is 53.6 Å². The Morgan fingerprint density at radius 1 is 1.28 bits per heavy atom. The fourth-order valence-corrected chi connectivity index (χ4v) is 2.39. The minimum Gasteiger partial charge on any atom is -0.312 e. The van der Waals surface area contributed by atoms with Gasteiger partial charge in [-0.15, -0.1) is 0 Å². The van der Waals surface area contributed by atoms with Gasteiger partial charge in [0.15, 0.2) is 5.82 Å². The third-order valence-electron chi connectivity index (χ3n) is 3.43. The predicted molar refractivity (Wildman–Crippen MR) is 71.3 cm³/mol. The summed E-state index contributed by atoms with van der Waals surface area (Å²) in [6.07, 6.45) is 1.05. The Morgan fingerprint density at radius 2 is 2.17 bits per heavy atom. The summed E-state index contributed by atoms with van der Waals surface area (Å²) in [6, 6.07) is 6.39. The van der Waals surface area contributed by atoms with E-state index >= 15 is 0 Å². The Balaban J connectivity index is 2.05. The molecule has 1 aromatic heterocycles. The van der Waals surface area contributed by atoms with Gasteiger partial charge >= 0.3 is 0 Å². The molecule has 2 heterocycles. The first-order valence-corrected chi connectivity index (χ1v) is 6.50. The number of aromatic amines is 1. The van der Waals surface area contributed by atoms with Crippen LogP contribution in [0, 0.1) is 0 Å². The highest BCUT2D eigenvalue weighted by atomic mass is 15.2. The van der Waals surface area contributed by atoms with E-state index in [0.29, 0.717) is 5.92 Å². The zero-order valence-electron chi connectivity index (χ0n) is 10.8. The van der Waals surface area contributed by atoms with E-state index in [1.54, 1.807) is 0 Å². The zero-order valence-corrected chi connectivity index (χ0v) is 10.8. The SMILES string of the molecule is CC(C)c1nc(-c2cccc3c2CCNC3)n[nH]1. The standard InChI is InChI=1S/C14H18N4/c1-9(2)13-16-14(18-17-13)12-5-3-4-10-8-15-7-6-11(10)12/h3-5,9,15H,6-8H2,1-2H3,(H,16,17,18). The lowest BCUT2D eigenvalue weighted by Crippen LogP contribution is -2.24. The molecule has 94 valence electrons. The quantitative estimate of drug-likeness (QED) is 0.849. The molecule has 1 aliphatic rings. The van der Waals surface area contributed by atoms with Crippen LogP contribution in [0.15, 0.2) is 18.2 Å². The second-order valence-electron chi connectivity index (χ2n) is 5.07.